The second kappa shape index (κ2) is 1.50. The zero-order valence-electron chi connectivity index (χ0n) is 4.14. The first-order valence-corrected chi connectivity index (χ1v) is 2.30. The number of carbonyl (C=O) groups excluding carboxylic acids is 1. The van der Waals surface area contributed by atoms with Crippen molar-refractivity contribution in [3.05, 3.63) is 0 Å². The van der Waals surface area contributed by atoms with Crippen molar-refractivity contribution in [2.45, 2.75) is 19.1 Å². The zero-order chi connectivity index (χ0) is 5.28. The first-order valence-electron chi connectivity index (χ1n) is 2.30. The van der Waals surface area contributed by atoms with E-state index in [1.165, 1.54) is 0 Å². The average Bonchev–Trinajstić information content (AvgIpc) is 2.22. The molecule has 0 aliphatic carbocycles. The highest BCUT2D eigenvalue weighted by molar-refractivity contribution is 5.47. The molecule has 0 spiro atoms. The van der Waals surface area contributed by atoms with Crippen LogP contribution in [0.2, 0.25) is 0 Å². The van der Waals surface area contributed by atoms with E-state index in [0.717, 1.165) is 0 Å². The summed E-state index contributed by atoms with van der Waals surface area (Å²) in [5, 5.41) is 5.57. The Morgan fingerprint density at radius 2 is 2.43 bits per heavy atom. The molecule has 0 aromatic carbocycles. The third-order valence-corrected chi connectivity index (χ3v) is 1.08. The summed E-state index contributed by atoms with van der Waals surface area (Å²) in [6, 6.07) is 0.477. The molecule has 0 aromatic heterocycles. The predicted octanol–water partition coefficient (Wildman–Crippen LogP) is -0.950. The van der Waals surface area contributed by atoms with Crippen LogP contribution in [0.15, 0.2) is 0 Å². The Hall–Kier alpha value is -0.570. The third-order valence-electron chi connectivity index (χ3n) is 1.08. The molecule has 0 bridgehead atoms. The molecule has 3 nitrogen and oxygen atoms in total. The first-order chi connectivity index (χ1) is 3.34. The SMILES string of the molecule is CC1NC1NC=O. The summed E-state index contributed by atoms with van der Waals surface area (Å²) < 4.78 is 0. The average molecular weight is 100 g/mol. The Balaban J connectivity index is 2.08. The molecule has 3 heteroatoms. The molecule has 0 saturated carbocycles. The van der Waals surface area contributed by atoms with Crippen LogP contribution in [0.1, 0.15) is 6.92 Å². The summed E-state index contributed by atoms with van der Waals surface area (Å²) in [6.07, 6.45) is 0.957. The molecule has 7 heavy (non-hydrogen) atoms. The molecule has 0 radical (unpaired) electrons. The van der Waals surface area contributed by atoms with Crippen molar-refractivity contribution in [2.75, 3.05) is 0 Å². The molecule has 1 aliphatic heterocycles. The van der Waals surface area contributed by atoms with E-state index in [2.05, 4.69) is 10.6 Å². The highest BCUT2D eigenvalue weighted by atomic mass is 16.1. The summed E-state index contributed by atoms with van der Waals surface area (Å²) in [6.45, 7) is 2.02. The molecule has 2 N–H and O–H groups in total. The molecular formula is C4H8N2O. The molecule has 1 saturated heterocycles. The fraction of sp³-hybridized carbons (Fsp3) is 0.750. The van der Waals surface area contributed by atoms with Gasteiger partial charge in [0.05, 0.1) is 6.17 Å². The van der Waals surface area contributed by atoms with Crippen molar-refractivity contribution < 1.29 is 4.79 Å². The third kappa shape index (κ3) is 0.899. The molecule has 2 atom stereocenters. The molecule has 2 unspecified atom stereocenters. The highest BCUT2D eigenvalue weighted by Gasteiger charge is 2.30. The lowest BCUT2D eigenvalue weighted by Gasteiger charge is -1.83. The van der Waals surface area contributed by atoms with Crippen LogP contribution >= 0.6 is 0 Å². The standard InChI is InChI=1S/C4H8N2O/c1-3-4(6-3)5-2-7/h2-4,6H,1H3,(H,5,7). The minimum Gasteiger partial charge on any atom is -0.342 e. The van der Waals surface area contributed by atoms with Crippen LogP contribution in [0, 0.1) is 0 Å². The van der Waals surface area contributed by atoms with Crippen molar-refractivity contribution in [2.24, 2.45) is 0 Å². The van der Waals surface area contributed by atoms with Crippen molar-refractivity contribution in [1.82, 2.24) is 10.6 Å². The Morgan fingerprint density at radius 3 is 2.57 bits per heavy atom. The minimum absolute atomic E-state index is 0.248. The largest absolute Gasteiger partial charge is 0.342 e. The van der Waals surface area contributed by atoms with Crippen molar-refractivity contribution in [3.63, 3.8) is 0 Å². The van der Waals surface area contributed by atoms with E-state index >= 15 is 0 Å². The van der Waals surface area contributed by atoms with Gasteiger partial charge >= 0.3 is 0 Å². The van der Waals surface area contributed by atoms with Gasteiger partial charge in [-0.3, -0.25) is 10.1 Å². The van der Waals surface area contributed by atoms with E-state index < -0.39 is 0 Å². The summed E-state index contributed by atoms with van der Waals surface area (Å²) >= 11 is 0. The van der Waals surface area contributed by atoms with Gasteiger partial charge in [0, 0.05) is 6.04 Å². The van der Waals surface area contributed by atoms with Crippen molar-refractivity contribution >= 4 is 6.41 Å². The number of hydrogen-bond donors (Lipinski definition) is 2. The Bertz CT molecular complexity index is 83.8. The Morgan fingerprint density at radius 1 is 1.86 bits per heavy atom. The second-order valence-corrected chi connectivity index (χ2v) is 1.72. The van der Waals surface area contributed by atoms with Gasteiger partial charge in [0.15, 0.2) is 0 Å². The summed E-state index contributed by atoms with van der Waals surface area (Å²) in [5.74, 6) is 0. The maximum Gasteiger partial charge on any atom is 0.208 e. The molecule has 1 aliphatic rings. The Labute approximate surface area is 42.1 Å². The van der Waals surface area contributed by atoms with Crippen LogP contribution in [0.25, 0.3) is 0 Å². The lowest BCUT2D eigenvalue weighted by Crippen LogP contribution is -2.17. The Kier molecular flexibility index (Phi) is 0.982. The molecule has 1 fully saturated rings. The van der Waals surface area contributed by atoms with E-state index in [0.29, 0.717) is 12.5 Å². The molecule has 0 aromatic rings. The van der Waals surface area contributed by atoms with Crippen LogP contribution in [-0.4, -0.2) is 18.6 Å². The number of carbonyl (C=O) groups is 1. The molecular weight excluding hydrogens is 92.1 g/mol. The van der Waals surface area contributed by atoms with Crippen LogP contribution in [-0.2, 0) is 4.79 Å². The fourth-order valence-electron chi connectivity index (χ4n) is 0.493. The first kappa shape index (κ1) is 4.59. The molecule has 1 rings (SSSR count). The van der Waals surface area contributed by atoms with Gasteiger partial charge in [0.2, 0.25) is 6.41 Å². The van der Waals surface area contributed by atoms with Gasteiger partial charge in [-0.2, -0.15) is 0 Å². The van der Waals surface area contributed by atoms with Gasteiger partial charge in [-0.15, -0.1) is 0 Å². The topological polar surface area (TPSA) is 51.0 Å². The van der Waals surface area contributed by atoms with Gasteiger partial charge in [-0.1, -0.05) is 0 Å². The van der Waals surface area contributed by atoms with E-state index in [-0.39, 0.29) is 6.17 Å². The summed E-state index contributed by atoms with van der Waals surface area (Å²) in [7, 11) is 0. The van der Waals surface area contributed by atoms with Crippen LogP contribution in [0.4, 0.5) is 0 Å². The molecule has 1 amide bonds. The second-order valence-electron chi connectivity index (χ2n) is 1.72. The number of nitrogens with one attached hydrogen (secondary N) is 2. The van der Waals surface area contributed by atoms with Gasteiger partial charge in [0.1, 0.15) is 0 Å². The van der Waals surface area contributed by atoms with Crippen molar-refractivity contribution in [3.8, 4) is 0 Å². The van der Waals surface area contributed by atoms with Crippen LogP contribution < -0.4 is 10.6 Å². The lowest BCUT2D eigenvalue weighted by atomic mass is 10.5. The van der Waals surface area contributed by atoms with E-state index in [1.807, 2.05) is 6.92 Å². The highest BCUT2D eigenvalue weighted by Crippen LogP contribution is 2.02. The zero-order valence-corrected chi connectivity index (χ0v) is 4.14. The lowest BCUT2D eigenvalue weighted by molar-refractivity contribution is -0.109. The van der Waals surface area contributed by atoms with E-state index in [9.17, 15) is 4.79 Å². The predicted molar refractivity (Wildman–Crippen MR) is 25.6 cm³/mol. The monoisotopic (exact) mass is 100 g/mol. The quantitative estimate of drug-likeness (QED) is 0.347. The van der Waals surface area contributed by atoms with Gasteiger partial charge in [0.25, 0.3) is 0 Å². The maximum absolute atomic E-state index is 9.65. The maximum atomic E-state index is 9.65. The van der Waals surface area contributed by atoms with Crippen LogP contribution in [0.5, 0.6) is 0 Å². The van der Waals surface area contributed by atoms with Gasteiger partial charge in [-0.05, 0) is 6.92 Å². The van der Waals surface area contributed by atoms with E-state index in [1.54, 1.807) is 0 Å². The number of hydrogen-bond acceptors (Lipinski definition) is 2. The smallest absolute Gasteiger partial charge is 0.208 e. The van der Waals surface area contributed by atoms with Crippen LogP contribution in [0.3, 0.4) is 0 Å². The fourth-order valence-corrected chi connectivity index (χ4v) is 0.493. The van der Waals surface area contributed by atoms with Gasteiger partial charge in [-0.25, -0.2) is 0 Å². The van der Waals surface area contributed by atoms with Gasteiger partial charge < -0.3 is 5.32 Å². The van der Waals surface area contributed by atoms with E-state index in [4.69, 9.17) is 0 Å². The summed E-state index contributed by atoms with van der Waals surface area (Å²) in [5.41, 5.74) is 0. The number of rotatable bonds is 2. The minimum atomic E-state index is 0.248. The molecule has 40 valence electrons. The van der Waals surface area contributed by atoms with Crippen molar-refractivity contribution in [1.29, 1.82) is 0 Å². The molecule has 1 heterocycles. The number of amides is 1. The summed E-state index contributed by atoms with van der Waals surface area (Å²) in [4.78, 5) is 9.65. The normalized spacial score (nSPS) is 37.3.